The first-order valence-electron chi connectivity index (χ1n) is 7.55. The van der Waals surface area contributed by atoms with Crippen molar-refractivity contribution >= 4 is 40.2 Å². The summed E-state index contributed by atoms with van der Waals surface area (Å²) in [7, 11) is 3.14. The number of benzene rings is 2. The molecule has 0 aliphatic carbocycles. The number of halogens is 1. The van der Waals surface area contributed by atoms with Crippen LogP contribution < -0.4 is 14.4 Å². The molecule has 7 heteroatoms. The molecular formula is C18H16ClNO4S. The lowest BCUT2D eigenvalue weighted by molar-refractivity contribution is -0.117. The zero-order chi connectivity index (χ0) is 18.0. The average Bonchev–Trinajstić information content (AvgIpc) is 2.89. The molecule has 2 aromatic rings. The van der Waals surface area contributed by atoms with E-state index >= 15 is 0 Å². The third-order valence-corrected chi connectivity index (χ3v) is 5.26. The van der Waals surface area contributed by atoms with E-state index in [-0.39, 0.29) is 11.1 Å². The third-order valence-electron chi connectivity index (χ3n) is 3.91. The molecule has 0 spiro atoms. The maximum atomic E-state index is 12.8. The van der Waals surface area contributed by atoms with Gasteiger partial charge < -0.3 is 9.47 Å². The largest absolute Gasteiger partial charge is 0.497 e. The number of rotatable bonds is 5. The number of carbonyl (C=O) groups is 2. The number of thioether (sulfide) groups is 1. The monoisotopic (exact) mass is 377 g/mol. The summed E-state index contributed by atoms with van der Waals surface area (Å²) >= 11 is 7.13. The normalized spacial score (nSPS) is 17.1. The fraction of sp³-hybridized carbons (Fsp3) is 0.222. The van der Waals surface area contributed by atoms with Gasteiger partial charge in [0.2, 0.25) is 5.91 Å². The van der Waals surface area contributed by atoms with Crippen molar-refractivity contribution in [3.63, 3.8) is 0 Å². The average molecular weight is 378 g/mol. The number of ether oxygens (including phenoxy) is 2. The molecule has 1 saturated heterocycles. The number of methoxy groups -OCH3 is 2. The van der Waals surface area contributed by atoms with Crippen LogP contribution in [0.15, 0.2) is 42.5 Å². The molecule has 0 unspecified atom stereocenters. The second-order valence-corrected chi connectivity index (χ2v) is 6.94. The molecule has 2 aromatic carbocycles. The first-order chi connectivity index (χ1) is 12.0. The predicted molar refractivity (Wildman–Crippen MR) is 99.0 cm³/mol. The van der Waals surface area contributed by atoms with Crippen molar-refractivity contribution in [1.29, 1.82) is 0 Å². The number of anilines is 1. The molecule has 25 heavy (non-hydrogen) atoms. The van der Waals surface area contributed by atoms with Gasteiger partial charge in [-0.25, -0.2) is 4.90 Å². The van der Waals surface area contributed by atoms with Gasteiger partial charge in [-0.05, 0) is 42.3 Å². The second kappa shape index (κ2) is 7.37. The Hall–Kier alpha value is -2.18. The van der Waals surface area contributed by atoms with E-state index in [1.165, 1.54) is 0 Å². The van der Waals surface area contributed by atoms with Crippen LogP contribution in [0, 0.1) is 0 Å². The van der Waals surface area contributed by atoms with Gasteiger partial charge in [0.15, 0.2) is 0 Å². The molecular weight excluding hydrogens is 362 g/mol. The summed E-state index contributed by atoms with van der Waals surface area (Å²) in [5.74, 6) is 1.03. The SMILES string of the molecule is COc1ccc(OC)c(C[C@@H]2SC(=O)N(c3ccccc3Cl)C2=O)c1. The second-order valence-electron chi connectivity index (χ2n) is 5.38. The van der Waals surface area contributed by atoms with E-state index in [0.29, 0.717) is 28.6 Å². The van der Waals surface area contributed by atoms with E-state index in [4.69, 9.17) is 21.1 Å². The maximum absolute atomic E-state index is 12.8. The number of para-hydroxylation sites is 1. The number of imide groups is 1. The van der Waals surface area contributed by atoms with E-state index in [1.54, 1.807) is 50.6 Å². The van der Waals surface area contributed by atoms with Crippen molar-refractivity contribution < 1.29 is 19.1 Å². The van der Waals surface area contributed by atoms with Gasteiger partial charge in [-0.2, -0.15) is 0 Å². The first-order valence-corrected chi connectivity index (χ1v) is 8.81. The van der Waals surface area contributed by atoms with Gasteiger partial charge in [0.1, 0.15) is 11.5 Å². The quantitative estimate of drug-likeness (QED) is 0.782. The topological polar surface area (TPSA) is 55.8 Å². The Morgan fingerprint density at radius 3 is 2.56 bits per heavy atom. The third kappa shape index (κ3) is 3.45. The molecule has 0 radical (unpaired) electrons. The molecule has 1 fully saturated rings. The summed E-state index contributed by atoms with van der Waals surface area (Å²) in [6.45, 7) is 0. The number of amides is 2. The highest BCUT2D eigenvalue weighted by Gasteiger charge is 2.41. The summed E-state index contributed by atoms with van der Waals surface area (Å²) in [6, 6.07) is 12.2. The van der Waals surface area contributed by atoms with E-state index < -0.39 is 5.25 Å². The minimum absolute atomic E-state index is 0.284. The van der Waals surface area contributed by atoms with E-state index in [2.05, 4.69) is 0 Å². The molecule has 1 aliphatic rings. The summed E-state index contributed by atoms with van der Waals surface area (Å²) in [6.07, 6.45) is 0.358. The number of carbonyl (C=O) groups excluding carboxylic acids is 2. The lowest BCUT2D eigenvalue weighted by atomic mass is 10.1. The van der Waals surface area contributed by atoms with Crippen LogP contribution in [0.2, 0.25) is 5.02 Å². The lowest BCUT2D eigenvalue weighted by Gasteiger charge is -2.16. The molecule has 3 rings (SSSR count). The summed E-state index contributed by atoms with van der Waals surface area (Å²) in [4.78, 5) is 26.3. The Bertz CT molecular complexity index is 826. The fourth-order valence-electron chi connectivity index (χ4n) is 2.68. The Morgan fingerprint density at radius 1 is 1.12 bits per heavy atom. The zero-order valence-electron chi connectivity index (χ0n) is 13.7. The Labute approximate surface area is 154 Å². The van der Waals surface area contributed by atoms with Gasteiger partial charge in [0.25, 0.3) is 5.24 Å². The van der Waals surface area contributed by atoms with Crippen LogP contribution in [0.3, 0.4) is 0 Å². The fourth-order valence-corrected chi connectivity index (χ4v) is 3.91. The van der Waals surface area contributed by atoms with Gasteiger partial charge in [0, 0.05) is 0 Å². The standard InChI is InChI=1S/C18H16ClNO4S/c1-23-12-7-8-15(24-2)11(9-12)10-16-17(21)20(18(22)25-16)14-6-4-3-5-13(14)19/h3-9,16H,10H2,1-2H3/t16-/m0/s1. The van der Waals surface area contributed by atoms with Crippen LogP contribution >= 0.6 is 23.4 Å². The number of nitrogens with zero attached hydrogens (tertiary/aromatic N) is 1. The Balaban J connectivity index is 1.87. The minimum Gasteiger partial charge on any atom is -0.497 e. The van der Waals surface area contributed by atoms with Crippen LogP contribution in [0.25, 0.3) is 0 Å². The number of hydrogen-bond donors (Lipinski definition) is 0. The van der Waals surface area contributed by atoms with Crippen LogP contribution in [-0.4, -0.2) is 30.6 Å². The van der Waals surface area contributed by atoms with Crippen LogP contribution in [0.4, 0.5) is 10.5 Å². The first kappa shape index (κ1) is 17.6. The lowest BCUT2D eigenvalue weighted by Crippen LogP contribution is -2.32. The smallest absolute Gasteiger partial charge is 0.293 e. The summed E-state index contributed by atoms with van der Waals surface area (Å²) in [5, 5.41) is -0.501. The van der Waals surface area contributed by atoms with Gasteiger partial charge in [-0.1, -0.05) is 35.5 Å². The van der Waals surface area contributed by atoms with Crippen molar-refractivity contribution in [2.75, 3.05) is 19.1 Å². The summed E-state index contributed by atoms with van der Waals surface area (Å²) in [5.41, 5.74) is 1.22. The Kier molecular flexibility index (Phi) is 5.20. The highest BCUT2D eigenvalue weighted by molar-refractivity contribution is 8.15. The maximum Gasteiger partial charge on any atom is 0.293 e. The molecule has 2 amide bonds. The van der Waals surface area contributed by atoms with Crippen molar-refractivity contribution in [2.24, 2.45) is 0 Å². The highest BCUT2D eigenvalue weighted by atomic mass is 35.5. The summed E-state index contributed by atoms with van der Waals surface area (Å²) < 4.78 is 10.6. The van der Waals surface area contributed by atoms with Crippen molar-refractivity contribution in [3.05, 3.63) is 53.1 Å². The van der Waals surface area contributed by atoms with Gasteiger partial charge in [0.05, 0.1) is 30.2 Å². The molecule has 1 aliphatic heterocycles. The van der Waals surface area contributed by atoms with Crippen LogP contribution in [0.1, 0.15) is 5.56 Å². The Morgan fingerprint density at radius 2 is 1.88 bits per heavy atom. The van der Waals surface area contributed by atoms with Crippen LogP contribution in [0.5, 0.6) is 11.5 Å². The van der Waals surface area contributed by atoms with Gasteiger partial charge in [-0.15, -0.1) is 0 Å². The van der Waals surface area contributed by atoms with Crippen LogP contribution in [-0.2, 0) is 11.2 Å². The van der Waals surface area contributed by atoms with Gasteiger partial charge in [-0.3, -0.25) is 9.59 Å². The zero-order valence-corrected chi connectivity index (χ0v) is 15.3. The molecule has 0 saturated carbocycles. The van der Waals surface area contributed by atoms with Gasteiger partial charge >= 0.3 is 0 Å². The molecule has 0 N–H and O–H groups in total. The van der Waals surface area contributed by atoms with Crippen molar-refractivity contribution in [3.8, 4) is 11.5 Å². The molecule has 1 heterocycles. The molecule has 130 valence electrons. The highest BCUT2D eigenvalue weighted by Crippen LogP contribution is 2.38. The van der Waals surface area contributed by atoms with E-state index in [9.17, 15) is 9.59 Å². The molecule has 1 atom stereocenters. The number of hydrogen-bond acceptors (Lipinski definition) is 5. The van der Waals surface area contributed by atoms with Crippen molar-refractivity contribution in [2.45, 2.75) is 11.7 Å². The molecule has 0 bridgehead atoms. The predicted octanol–water partition coefficient (Wildman–Crippen LogP) is 4.17. The van der Waals surface area contributed by atoms with E-state index in [1.807, 2.05) is 6.07 Å². The molecule has 5 nitrogen and oxygen atoms in total. The van der Waals surface area contributed by atoms with Crippen molar-refractivity contribution in [1.82, 2.24) is 0 Å². The molecule has 0 aromatic heterocycles. The minimum atomic E-state index is -0.537. The van der Waals surface area contributed by atoms with E-state index in [0.717, 1.165) is 22.2 Å².